The highest BCUT2D eigenvalue weighted by Crippen LogP contribution is 2.38. The summed E-state index contributed by atoms with van der Waals surface area (Å²) in [5.41, 5.74) is 0. The van der Waals surface area contributed by atoms with Gasteiger partial charge in [-0.05, 0) is 31.0 Å². The zero-order chi connectivity index (χ0) is 15.7. The van der Waals surface area contributed by atoms with Crippen LogP contribution in [0, 0.1) is 0 Å². The fourth-order valence-electron chi connectivity index (χ4n) is 2.29. The highest BCUT2D eigenvalue weighted by molar-refractivity contribution is 6.74. The van der Waals surface area contributed by atoms with E-state index >= 15 is 0 Å². The molecule has 0 aliphatic carbocycles. The topological polar surface area (TPSA) is 47.4 Å². The van der Waals surface area contributed by atoms with E-state index in [2.05, 4.69) is 38.8 Å². The monoisotopic (exact) mass is 309 g/mol. The van der Waals surface area contributed by atoms with Gasteiger partial charge in [0.15, 0.2) is 8.32 Å². The summed E-state index contributed by atoms with van der Waals surface area (Å²) in [7, 11) is -1.71. The lowest BCUT2D eigenvalue weighted by Crippen LogP contribution is -2.48. The molecule has 1 aromatic rings. The molecular formula is C15H27N3O2Si. The van der Waals surface area contributed by atoms with Gasteiger partial charge < -0.3 is 9.33 Å². The molecule has 0 aromatic carbocycles. The summed E-state index contributed by atoms with van der Waals surface area (Å²) >= 11 is 0. The second-order valence-electron chi connectivity index (χ2n) is 7.32. The minimum atomic E-state index is -1.71. The van der Waals surface area contributed by atoms with Crippen LogP contribution in [0.5, 0.6) is 0 Å². The van der Waals surface area contributed by atoms with E-state index in [9.17, 15) is 4.79 Å². The van der Waals surface area contributed by atoms with Gasteiger partial charge in [-0.15, -0.1) is 0 Å². The van der Waals surface area contributed by atoms with Crippen LogP contribution in [0.1, 0.15) is 33.6 Å². The molecule has 6 heteroatoms. The molecule has 21 heavy (non-hydrogen) atoms. The van der Waals surface area contributed by atoms with Crippen molar-refractivity contribution in [2.24, 2.45) is 0 Å². The molecule has 0 N–H and O–H groups in total. The van der Waals surface area contributed by atoms with Crippen molar-refractivity contribution in [3.8, 4) is 0 Å². The first-order valence-corrected chi connectivity index (χ1v) is 10.6. The molecule has 2 rings (SSSR count). The predicted octanol–water partition coefficient (Wildman–Crippen LogP) is 3.34. The Kier molecular flexibility index (Phi) is 4.58. The number of piperidine rings is 1. The number of carbonyl (C=O) groups excluding carboxylic acids is 1. The van der Waals surface area contributed by atoms with E-state index in [1.165, 1.54) is 4.57 Å². The number of rotatable bonds is 2. The SMILES string of the molecule is CC(C)(C)[Si](C)(C)OC1CCN(C(=O)n2ccnc2)CC1. The van der Waals surface area contributed by atoms with Crippen LogP contribution in [0.25, 0.3) is 0 Å². The molecule has 0 unspecified atom stereocenters. The van der Waals surface area contributed by atoms with Gasteiger partial charge in [-0.1, -0.05) is 20.8 Å². The van der Waals surface area contributed by atoms with Crippen molar-refractivity contribution in [2.45, 2.75) is 57.8 Å². The van der Waals surface area contributed by atoms with Crippen LogP contribution in [-0.4, -0.2) is 48.0 Å². The average molecular weight is 309 g/mol. The molecule has 118 valence electrons. The fraction of sp³-hybridized carbons (Fsp3) is 0.733. The maximum Gasteiger partial charge on any atom is 0.329 e. The fourth-order valence-corrected chi connectivity index (χ4v) is 3.72. The molecule has 0 spiro atoms. The zero-order valence-corrected chi connectivity index (χ0v) is 14.8. The maximum absolute atomic E-state index is 12.2. The van der Waals surface area contributed by atoms with E-state index < -0.39 is 8.32 Å². The summed E-state index contributed by atoms with van der Waals surface area (Å²) in [6.45, 7) is 12.9. The molecular weight excluding hydrogens is 282 g/mol. The number of likely N-dealkylation sites (tertiary alicyclic amines) is 1. The second-order valence-corrected chi connectivity index (χ2v) is 12.1. The van der Waals surface area contributed by atoms with Crippen molar-refractivity contribution < 1.29 is 9.22 Å². The highest BCUT2D eigenvalue weighted by atomic mass is 28.4. The third kappa shape index (κ3) is 3.74. The molecule has 0 atom stereocenters. The summed E-state index contributed by atoms with van der Waals surface area (Å²) in [6, 6.07) is 0.0123. The normalized spacial score (nSPS) is 18.0. The maximum atomic E-state index is 12.2. The van der Waals surface area contributed by atoms with Gasteiger partial charge in [0.2, 0.25) is 0 Å². The molecule has 1 aliphatic heterocycles. The van der Waals surface area contributed by atoms with Crippen LogP contribution in [0.3, 0.4) is 0 Å². The van der Waals surface area contributed by atoms with E-state index in [4.69, 9.17) is 4.43 Å². The number of imidazole rings is 1. The number of hydrogen-bond donors (Lipinski definition) is 0. The summed E-state index contributed by atoms with van der Waals surface area (Å²) < 4.78 is 7.98. The minimum Gasteiger partial charge on any atom is -0.414 e. The Bertz CT molecular complexity index is 472. The van der Waals surface area contributed by atoms with Crippen LogP contribution in [0.2, 0.25) is 18.1 Å². The van der Waals surface area contributed by atoms with Crippen LogP contribution in [0.15, 0.2) is 18.7 Å². The smallest absolute Gasteiger partial charge is 0.329 e. The van der Waals surface area contributed by atoms with Crippen molar-refractivity contribution in [1.82, 2.24) is 14.5 Å². The third-order valence-electron chi connectivity index (χ3n) is 4.71. The number of amides is 1. The lowest BCUT2D eigenvalue weighted by molar-refractivity contribution is 0.101. The standard InChI is InChI=1S/C15H27N3O2Si/c1-15(2,3)21(4,5)20-13-6-9-17(10-7-13)14(19)18-11-8-16-12-18/h8,11-13H,6-7,9-10H2,1-5H3. The van der Waals surface area contributed by atoms with Crippen LogP contribution >= 0.6 is 0 Å². The van der Waals surface area contributed by atoms with Crippen molar-refractivity contribution in [1.29, 1.82) is 0 Å². The summed E-state index contributed by atoms with van der Waals surface area (Å²) in [6.07, 6.45) is 7.02. The molecule has 2 heterocycles. The van der Waals surface area contributed by atoms with Crippen LogP contribution in [-0.2, 0) is 4.43 Å². The molecule has 1 amide bonds. The van der Waals surface area contributed by atoms with Crippen molar-refractivity contribution >= 4 is 14.3 Å². The van der Waals surface area contributed by atoms with Gasteiger partial charge in [0.05, 0.1) is 0 Å². The Balaban J connectivity index is 1.88. The summed E-state index contributed by atoms with van der Waals surface area (Å²) in [5.74, 6) is 0. The number of hydrogen-bond acceptors (Lipinski definition) is 3. The Hall–Kier alpha value is -1.14. The van der Waals surface area contributed by atoms with Gasteiger partial charge in [-0.25, -0.2) is 9.78 Å². The van der Waals surface area contributed by atoms with Gasteiger partial charge in [0, 0.05) is 31.6 Å². The molecule has 5 nitrogen and oxygen atoms in total. The van der Waals surface area contributed by atoms with E-state index in [0.29, 0.717) is 0 Å². The van der Waals surface area contributed by atoms with Crippen LogP contribution in [0.4, 0.5) is 4.79 Å². The number of carbonyl (C=O) groups is 1. The van der Waals surface area contributed by atoms with Crippen molar-refractivity contribution in [3.05, 3.63) is 18.7 Å². The lowest BCUT2D eigenvalue weighted by Gasteiger charge is -2.41. The van der Waals surface area contributed by atoms with E-state index in [-0.39, 0.29) is 17.2 Å². The van der Waals surface area contributed by atoms with E-state index in [0.717, 1.165) is 25.9 Å². The molecule has 0 saturated carbocycles. The molecule has 1 saturated heterocycles. The highest BCUT2D eigenvalue weighted by Gasteiger charge is 2.39. The largest absolute Gasteiger partial charge is 0.414 e. The van der Waals surface area contributed by atoms with Gasteiger partial charge in [0.1, 0.15) is 6.33 Å². The molecule has 0 bridgehead atoms. The quantitative estimate of drug-likeness (QED) is 0.787. The zero-order valence-electron chi connectivity index (χ0n) is 13.8. The molecule has 1 aromatic heterocycles. The third-order valence-corrected chi connectivity index (χ3v) is 9.24. The molecule has 1 aliphatic rings. The first-order chi connectivity index (χ1) is 9.71. The molecule has 1 fully saturated rings. The second kappa shape index (κ2) is 5.92. The Morgan fingerprint density at radius 2 is 1.90 bits per heavy atom. The number of nitrogens with zero attached hydrogens (tertiary/aromatic N) is 3. The van der Waals surface area contributed by atoms with Crippen molar-refractivity contribution in [3.63, 3.8) is 0 Å². The predicted molar refractivity (Wildman–Crippen MR) is 85.9 cm³/mol. The first-order valence-electron chi connectivity index (χ1n) is 7.66. The van der Waals surface area contributed by atoms with Gasteiger partial charge in [-0.3, -0.25) is 4.57 Å². The Morgan fingerprint density at radius 1 is 1.29 bits per heavy atom. The van der Waals surface area contributed by atoms with Gasteiger partial charge in [-0.2, -0.15) is 0 Å². The van der Waals surface area contributed by atoms with E-state index in [1.54, 1.807) is 18.7 Å². The van der Waals surface area contributed by atoms with E-state index in [1.807, 2.05) is 4.90 Å². The van der Waals surface area contributed by atoms with Gasteiger partial charge >= 0.3 is 6.03 Å². The van der Waals surface area contributed by atoms with Gasteiger partial charge in [0.25, 0.3) is 0 Å². The Labute approximate surface area is 128 Å². The van der Waals surface area contributed by atoms with Crippen LogP contribution < -0.4 is 0 Å². The summed E-state index contributed by atoms with van der Waals surface area (Å²) in [5, 5.41) is 0.233. The minimum absolute atomic E-state index is 0.0123. The summed E-state index contributed by atoms with van der Waals surface area (Å²) in [4.78, 5) is 18.0. The Morgan fingerprint density at radius 3 is 2.38 bits per heavy atom. The number of aromatic nitrogens is 2. The first kappa shape index (κ1) is 16.2. The average Bonchev–Trinajstić information content (AvgIpc) is 2.91. The molecule has 0 radical (unpaired) electrons. The lowest BCUT2D eigenvalue weighted by atomic mass is 10.1. The van der Waals surface area contributed by atoms with Crippen molar-refractivity contribution in [2.75, 3.05) is 13.1 Å².